The Kier molecular flexibility index (Phi) is 3.93. The molecule has 0 saturated carbocycles. The first-order valence-electron chi connectivity index (χ1n) is 6.03. The summed E-state index contributed by atoms with van der Waals surface area (Å²) < 4.78 is 2.18. The van der Waals surface area contributed by atoms with Crippen molar-refractivity contribution in [3.05, 3.63) is 36.4 Å². The number of nitrogens with zero attached hydrogens (tertiary/aromatic N) is 3. The standard InChI is InChI=1S/C12H19N5/c1-3-6-17-9-13-7-11(17)8-16-10(2)12-14-4-5-15-12/h4-5,7,9-10,16H,3,6,8H2,1-2H3,(H,14,15). The van der Waals surface area contributed by atoms with Crippen molar-refractivity contribution >= 4 is 0 Å². The Morgan fingerprint density at radius 1 is 1.53 bits per heavy atom. The highest BCUT2D eigenvalue weighted by atomic mass is 15.1. The summed E-state index contributed by atoms with van der Waals surface area (Å²) in [5.74, 6) is 0.964. The van der Waals surface area contributed by atoms with E-state index in [1.165, 1.54) is 5.69 Å². The van der Waals surface area contributed by atoms with Crippen LogP contribution in [0.25, 0.3) is 0 Å². The topological polar surface area (TPSA) is 58.5 Å². The minimum atomic E-state index is 0.218. The van der Waals surface area contributed by atoms with Gasteiger partial charge < -0.3 is 14.9 Å². The molecule has 0 radical (unpaired) electrons. The molecule has 0 aliphatic carbocycles. The number of imidazole rings is 2. The lowest BCUT2D eigenvalue weighted by Gasteiger charge is -2.12. The van der Waals surface area contributed by atoms with Crippen LogP contribution in [-0.2, 0) is 13.1 Å². The van der Waals surface area contributed by atoms with E-state index in [2.05, 4.69) is 38.7 Å². The summed E-state index contributed by atoms with van der Waals surface area (Å²) in [7, 11) is 0. The molecule has 0 spiro atoms. The number of aromatic nitrogens is 4. The van der Waals surface area contributed by atoms with Crippen LogP contribution in [0.2, 0.25) is 0 Å². The quantitative estimate of drug-likeness (QED) is 0.800. The molecule has 0 aromatic carbocycles. The molecule has 0 fully saturated rings. The Morgan fingerprint density at radius 3 is 3.12 bits per heavy atom. The lowest BCUT2D eigenvalue weighted by atomic mass is 10.3. The van der Waals surface area contributed by atoms with Gasteiger partial charge in [-0.2, -0.15) is 0 Å². The van der Waals surface area contributed by atoms with Gasteiger partial charge in [0.05, 0.1) is 18.1 Å². The van der Waals surface area contributed by atoms with Crippen LogP contribution in [0.5, 0.6) is 0 Å². The summed E-state index contributed by atoms with van der Waals surface area (Å²) in [6.45, 7) is 6.09. The number of hydrogen-bond acceptors (Lipinski definition) is 3. The summed E-state index contributed by atoms with van der Waals surface area (Å²) in [5, 5.41) is 3.43. The van der Waals surface area contributed by atoms with Gasteiger partial charge in [0.1, 0.15) is 5.82 Å². The molecule has 92 valence electrons. The zero-order valence-electron chi connectivity index (χ0n) is 10.3. The van der Waals surface area contributed by atoms with E-state index in [-0.39, 0.29) is 6.04 Å². The van der Waals surface area contributed by atoms with Crippen molar-refractivity contribution in [3.63, 3.8) is 0 Å². The van der Waals surface area contributed by atoms with Crippen molar-refractivity contribution in [1.29, 1.82) is 0 Å². The van der Waals surface area contributed by atoms with Crippen LogP contribution in [-0.4, -0.2) is 19.5 Å². The lowest BCUT2D eigenvalue weighted by molar-refractivity contribution is 0.525. The highest BCUT2D eigenvalue weighted by Gasteiger charge is 2.08. The molecule has 2 heterocycles. The van der Waals surface area contributed by atoms with Crippen LogP contribution >= 0.6 is 0 Å². The predicted octanol–water partition coefficient (Wildman–Crippen LogP) is 1.87. The fourth-order valence-electron chi connectivity index (χ4n) is 1.81. The number of rotatable bonds is 6. The number of H-pyrrole nitrogens is 1. The molecule has 2 rings (SSSR count). The van der Waals surface area contributed by atoms with Crippen LogP contribution in [0.15, 0.2) is 24.9 Å². The largest absolute Gasteiger partial charge is 0.347 e. The van der Waals surface area contributed by atoms with Gasteiger partial charge in [0.15, 0.2) is 0 Å². The van der Waals surface area contributed by atoms with E-state index in [0.29, 0.717) is 0 Å². The third-order valence-electron chi connectivity index (χ3n) is 2.78. The van der Waals surface area contributed by atoms with E-state index in [9.17, 15) is 0 Å². The molecule has 0 aliphatic rings. The average molecular weight is 233 g/mol. The summed E-state index contributed by atoms with van der Waals surface area (Å²) in [6.07, 6.45) is 8.54. The van der Waals surface area contributed by atoms with Gasteiger partial charge in [0.25, 0.3) is 0 Å². The maximum Gasteiger partial charge on any atom is 0.122 e. The molecule has 0 amide bonds. The third-order valence-corrected chi connectivity index (χ3v) is 2.78. The van der Waals surface area contributed by atoms with Gasteiger partial charge in [-0.1, -0.05) is 6.92 Å². The second-order valence-electron chi connectivity index (χ2n) is 4.16. The number of aromatic amines is 1. The third kappa shape index (κ3) is 2.94. The van der Waals surface area contributed by atoms with Crippen molar-refractivity contribution in [2.24, 2.45) is 0 Å². The number of aryl methyl sites for hydroxylation is 1. The zero-order valence-corrected chi connectivity index (χ0v) is 10.3. The molecule has 2 aromatic rings. The molecule has 2 N–H and O–H groups in total. The first-order valence-corrected chi connectivity index (χ1v) is 6.03. The van der Waals surface area contributed by atoms with Crippen molar-refractivity contribution in [2.45, 2.75) is 39.4 Å². The van der Waals surface area contributed by atoms with Crippen molar-refractivity contribution in [1.82, 2.24) is 24.8 Å². The maximum atomic E-state index is 4.23. The zero-order chi connectivity index (χ0) is 12.1. The summed E-state index contributed by atoms with van der Waals surface area (Å²) in [4.78, 5) is 11.5. The number of nitrogens with one attached hydrogen (secondary N) is 2. The fourth-order valence-corrected chi connectivity index (χ4v) is 1.81. The van der Waals surface area contributed by atoms with Crippen LogP contribution in [0, 0.1) is 0 Å². The van der Waals surface area contributed by atoms with E-state index in [4.69, 9.17) is 0 Å². The first kappa shape index (κ1) is 11.9. The SMILES string of the molecule is CCCn1cncc1CNC(C)c1ncc[nH]1. The first-order chi connectivity index (χ1) is 8.31. The average Bonchev–Trinajstić information content (AvgIpc) is 2.97. The van der Waals surface area contributed by atoms with Gasteiger partial charge in [0.2, 0.25) is 0 Å². The molecule has 5 nitrogen and oxygen atoms in total. The van der Waals surface area contributed by atoms with Gasteiger partial charge in [-0.15, -0.1) is 0 Å². The Labute approximate surface area is 101 Å². The Bertz CT molecular complexity index is 431. The second-order valence-corrected chi connectivity index (χ2v) is 4.16. The molecule has 1 unspecified atom stereocenters. The molecule has 1 atom stereocenters. The van der Waals surface area contributed by atoms with Gasteiger partial charge in [-0.05, 0) is 13.3 Å². The van der Waals surface area contributed by atoms with Gasteiger partial charge in [0, 0.05) is 31.7 Å². The molecular formula is C12H19N5. The van der Waals surface area contributed by atoms with E-state index < -0.39 is 0 Å². The van der Waals surface area contributed by atoms with E-state index in [1.54, 1.807) is 6.20 Å². The smallest absolute Gasteiger partial charge is 0.122 e. The van der Waals surface area contributed by atoms with Crippen molar-refractivity contribution in [3.8, 4) is 0 Å². The molecule has 5 heteroatoms. The fraction of sp³-hybridized carbons (Fsp3) is 0.500. The van der Waals surface area contributed by atoms with Crippen LogP contribution < -0.4 is 5.32 Å². The van der Waals surface area contributed by atoms with Crippen LogP contribution in [0.3, 0.4) is 0 Å². The van der Waals surface area contributed by atoms with E-state index in [1.807, 2.05) is 18.7 Å². The highest BCUT2D eigenvalue weighted by molar-refractivity contribution is 5.00. The molecule has 0 saturated heterocycles. The minimum absolute atomic E-state index is 0.218. The second kappa shape index (κ2) is 5.63. The summed E-state index contributed by atoms with van der Waals surface area (Å²) >= 11 is 0. The van der Waals surface area contributed by atoms with Gasteiger partial charge >= 0.3 is 0 Å². The van der Waals surface area contributed by atoms with Crippen molar-refractivity contribution in [2.75, 3.05) is 0 Å². The number of hydrogen-bond donors (Lipinski definition) is 2. The molecule has 17 heavy (non-hydrogen) atoms. The Hall–Kier alpha value is -1.62. The van der Waals surface area contributed by atoms with Crippen LogP contribution in [0.4, 0.5) is 0 Å². The monoisotopic (exact) mass is 233 g/mol. The summed E-state index contributed by atoms with van der Waals surface area (Å²) in [6, 6.07) is 0.218. The van der Waals surface area contributed by atoms with Gasteiger partial charge in [-0.3, -0.25) is 0 Å². The van der Waals surface area contributed by atoms with Crippen molar-refractivity contribution < 1.29 is 0 Å². The predicted molar refractivity (Wildman–Crippen MR) is 66.4 cm³/mol. The minimum Gasteiger partial charge on any atom is -0.347 e. The molecule has 2 aromatic heterocycles. The normalized spacial score (nSPS) is 12.8. The Morgan fingerprint density at radius 2 is 2.41 bits per heavy atom. The van der Waals surface area contributed by atoms with Gasteiger partial charge in [-0.25, -0.2) is 9.97 Å². The van der Waals surface area contributed by atoms with E-state index >= 15 is 0 Å². The molecule has 0 bridgehead atoms. The van der Waals surface area contributed by atoms with Crippen LogP contribution in [0.1, 0.15) is 37.8 Å². The summed E-state index contributed by atoms with van der Waals surface area (Å²) in [5.41, 5.74) is 1.21. The maximum absolute atomic E-state index is 4.23. The molecular weight excluding hydrogens is 214 g/mol. The Balaban J connectivity index is 1.91. The van der Waals surface area contributed by atoms with E-state index in [0.717, 1.165) is 25.3 Å². The highest BCUT2D eigenvalue weighted by Crippen LogP contribution is 2.07. The molecule has 0 aliphatic heterocycles. The lowest BCUT2D eigenvalue weighted by Crippen LogP contribution is -2.21.